The molecule has 3 saturated carbocycles. The maximum Gasteiger partial charge on any atom is 0.0196 e. The second-order valence-corrected chi connectivity index (χ2v) is 6.11. The monoisotopic (exact) mass is 208 g/mol. The molecule has 0 aliphatic heterocycles. The van der Waals surface area contributed by atoms with E-state index >= 15 is 0 Å². The molecule has 0 saturated heterocycles. The first-order chi connectivity index (χ1) is 7.31. The molecule has 0 aromatic heterocycles. The van der Waals surface area contributed by atoms with Crippen molar-refractivity contribution in [2.75, 3.05) is 19.6 Å². The van der Waals surface area contributed by atoms with Gasteiger partial charge < -0.3 is 10.6 Å². The third kappa shape index (κ3) is 3.18. The van der Waals surface area contributed by atoms with Crippen LogP contribution >= 0.6 is 0 Å². The van der Waals surface area contributed by atoms with E-state index in [2.05, 4.69) is 4.90 Å². The van der Waals surface area contributed by atoms with Crippen molar-refractivity contribution in [3.8, 4) is 0 Å². The van der Waals surface area contributed by atoms with E-state index in [4.69, 9.17) is 5.73 Å². The third-order valence-electron chi connectivity index (χ3n) is 4.12. The molecule has 0 aromatic carbocycles. The average Bonchev–Trinajstić information content (AvgIpc) is 3.03. The molecule has 1 atom stereocenters. The lowest BCUT2D eigenvalue weighted by Crippen LogP contribution is -2.40. The molecule has 15 heavy (non-hydrogen) atoms. The highest BCUT2D eigenvalue weighted by Gasteiger charge is 2.33. The van der Waals surface area contributed by atoms with E-state index in [1.54, 1.807) is 0 Å². The highest BCUT2D eigenvalue weighted by atomic mass is 15.1. The van der Waals surface area contributed by atoms with Gasteiger partial charge in [0.05, 0.1) is 0 Å². The third-order valence-corrected chi connectivity index (χ3v) is 4.12. The van der Waals surface area contributed by atoms with E-state index in [1.165, 1.54) is 58.2 Å². The summed E-state index contributed by atoms with van der Waals surface area (Å²) in [6, 6.07) is 0.475. The van der Waals surface area contributed by atoms with Crippen LogP contribution in [0.2, 0.25) is 0 Å². The van der Waals surface area contributed by atoms with Crippen LogP contribution < -0.4 is 5.73 Å². The van der Waals surface area contributed by atoms with Crippen molar-refractivity contribution in [2.24, 2.45) is 23.5 Å². The normalized spacial score (nSPS) is 28.4. The summed E-state index contributed by atoms with van der Waals surface area (Å²) in [5.74, 6) is 2.91. The summed E-state index contributed by atoms with van der Waals surface area (Å²) in [5, 5.41) is 0. The molecule has 2 heteroatoms. The van der Waals surface area contributed by atoms with Crippen LogP contribution in [0, 0.1) is 17.8 Å². The lowest BCUT2D eigenvalue weighted by Gasteiger charge is -2.25. The zero-order valence-corrected chi connectivity index (χ0v) is 9.70. The highest BCUT2D eigenvalue weighted by molar-refractivity contribution is 4.89. The van der Waals surface area contributed by atoms with Gasteiger partial charge in [-0.1, -0.05) is 0 Å². The molecule has 86 valence electrons. The Morgan fingerprint density at radius 2 is 1.47 bits per heavy atom. The zero-order chi connectivity index (χ0) is 10.3. The van der Waals surface area contributed by atoms with Crippen molar-refractivity contribution in [1.82, 2.24) is 4.90 Å². The molecule has 0 amide bonds. The van der Waals surface area contributed by atoms with Gasteiger partial charge in [0, 0.05) is 25.7 Å². The lowest BCUT2D eigenvalue weighted by molar-refractivity contribution is 0.230. The van der Waals surface area contributed by atoms with Gasteiger partial charge in [-0.15, -0.1) is 0 Å². The van der Waals surface area contributed by atoms with Gasteiger partial charge in [0.15, 0.2) is 0 Å². The molecule has 0 radical (unpaired) electrons. The number of hydrogen-bond acceptors (Lipinski definition) is 2. The Morgan fingerprint density at radius 3 is 1.87 bits per heavy atom. The second-order valence-electron chi connectivity index (χ2n) is 6.11. The van der Waals surface area contributed by atoms with Gasteiger partial charge >= 0.3 is 0 Å². The topological polar surface area (TPSA) is 29.3 Å². The molecule has 3 aliphatic carbocycles. The van der Waals surface area contributed by atoms with Crippen LogP contribution in [0.4, 0.5) is 0 Å². The number of rotatable bonds is 7. The maximum absolute atomic E-state index is 6.23. The molecule has 1 unspecified atom stereocenters. The van der Waals surface area contributed by atoms with Crippen LogP contribution in [0.3, 0.4) is 0 Å². The highest BCUT2D eigenvalue weighted by Crippen LogP contribution is 2.35. The molecule has 3 aliphatic rings. The van der Waals surface area contributed by atoms with E-state index in [-0.39, 0.29) is 0 Å². The van der Waals surface area contributed by atoms with Gasteiger partial charge in [0.25, 0.3) is 0 Å². The fraction of sp³-hybridized carbons (Fsp3) is 1.00. The molecule has 3 rings (SSSR count). The van der Waals surface area contributed by atoms with Crippen molar-refractivity contribution < 1.29 is 0 Å². The summed E-state index contributed by atoms with van der Waals surface area (Å²) in [6.45, 7) is 3.87. The van der Waals surface area contributed by atoms with Crippen LogP contribution in [-0.4, -0.2) is 30.6 Å². The van der Waals surface area contributed by atoms with E-state index in [0.717, 1.165) is 17.8 Å². The van der Waals surface area contributed by atoms with Crippen molar-refractivity contribution >= 4 is 0 Å². The second kappa shape index (κ2) is 4.06. The van der Waals surface area contributed by atoms with Crippen LogP contribution in [-0.2, 0) is 0 Å². The molecular weight excluding hydrogens is 184 g/mol. The minimum absolute atomic E-state index is 0.475. The Labute approximate surface area is 93.2 Å². The molecular formula is C13H24N2. The SMILES string of the molecule is NC(CN(CC1CC1)CC1CC1)C1CC1. The quantitative estimate of drug-likeness (QED) is 0.692. The van der Waals surface area contributed by atoms with Crippen molar-refractivity contribution in [3.63, 3.8) is 0 Å². The van der Waals surface area contributed by atoms with Crippen molar-refractivity contribution in [1.29, 1.82) is 0 Å². The van der Waals surface area contributed by atoms with Gasteiger partial charge in [-0.25, -0.2) is 0 Å². The largest absolute Gasteiger partial charge is 0.326 e. The van der Waals surface area contributed by atoms with E-state index < -0.39 is 0 Å². The van der Waals surface area contributed by atoms with Gasteiger partial charge in [0.2, 0.25) is 0 Å². The Bertz CT molecular complexity index is 203. The Morgan fingerprint density at radius 1 is 0.933 bits per heavy atom. The molecule has 2 nitrogen and oxygen atoms in total. The average molecular weight is 208 g/mol. The molecule has 0 bridgehead atoms. The summed E-state index contributed by atoms with van der Waals surface area (Å²) >= 11 is 0. The van der Waals surface area contributed by atoms with Gasteiger partial charge in [-0.2, -0.15) is 0 Å². The van der Waals surface area contributed by atoms with Crippen LogP contribution in [0.5, 0.6) is 0 Å². The van der Waals surface area contributed by atoms with Gasteiger partial charge in [-0.3, -0.25) is 0 Å². The zero-order valence-electron chi connectivity index (χ0n) is 9.70. The van der Waals surface area contributed by atoms with E-state index in [9.17, 15) is 0 Å². The fourth-order valence-electron chi connectivity index (χ4n) is 2.53. The molecule has 0 aromatic rings. The van der Waals surface area contributed by atoms with Gasteiger partial charge in [-0.05, 0) is 56.3 Å². The fourth-order valence-corrected chi connectivity index (χ4v) is 2.53. The molecule has 0 heterocycles. The Balaban J connectivity index is 1.45. The van der Waals surface area contributed by atoms with Gasteiger partial charge in [0.1, 0.15) is 0 Å². The molecule has 0 spiro atoms. The Hall–Kier alpha value is -0.0800. The summed E-state index contributed by atoms with van der Waals surface area (Å²) in [6.07, 6.45) is 8.67. The standard InChI is InChI=1S/C13H24N2/c14-13(12-5-6-12)9-15(7-10-1-2-10)8-11-3-4-11/h10-13H,1-9,14H2. The van der Waals surface area contributed by atoms with Crippen LogP contribution in [0.15, 0.2) is 0 Å². The summed E-state index contributed by atoms with van der Waals surface area (Å²) in [4.78, 5) is 2.68. The van der Waals surface area contributed by atoms with Crippen LogP contribution in [0.1, 0.15) is 38.5 Å². The minimum atomic E-state index is 0.475. The van der Waals surface area contributed by atoms with E-state index in [0.29, 0.717) is 6.04 Å². The number of nitrogens with two attached hydrogens (primary N) is 1. The number of hydrogen-bond donors (Lipinski definition) is 1. The molecule has 3 fully saturated rings. The first-order valence-electron chi connectivity index (χ1n) is 6.79. The summed E-state index contributed by atoms with van der Waals surface area (Å²) in [7, 11) is 0. The lowest BCUT2D eigenvalue weighted by atomic mass is 10.1. The van der Waals surface area contributed by atoms with Crippen molar-refractivity contribution in [3.05, 3.63) is 0 Å². The van der Waals surface area contributed by atoms with E-state index in [1.807, 2.05) is 0 Å². The Kier molecular flexibility index (Phi) is 2.73. The first-order valence-corrected chi connectivity index (χ1v) is 6.79. The van der Waals surface area contributed by atoms with Crippen molar-refractivity contribution in [2.45, 2.75) is 44.6 Å². The predicted molar refractivity (Wildman–Crippen MR) is 62.6 cm³/mol. The minimum Gasteiger partial charge on any atom is -0.326 e. The first kappa shape index (κ1) is 10.1. The predicted octanol–water partition coefficient (Wildman–Crippen LogP) is 1.85. The van der Waals surface area contributed by atoms with Crippen LogP contribution in [0.25, 0.3) is 0 Å². The number of nitrogens with zero attached hydrogens (tertiary/aromatic N) is 1. The molecule has 2 N–H and O–H groups in total. The summed E-state index contributed by atoms with van der Waals surface area (Å²) < 4.78 is 0. The maximum atomic E-state index is 6.23. The smallest absolute Gasteiger partial charge is 0.0196 e. The summed E-state index contributed by atoms with van der Waals surface area (Å²) in [5.41, 5.74) is 6.23.